The maximum atomic E-state index is 5.70. The van der Waals surface area contributed by atoms with Crippen LogP contribution in [-0.2, 0) is 0 Å². The Hall–Kier alpha value is -1.25. The normalized spacial score (nSPS) is 12.5. The molecule has 0 saturated carbocycles. The summed E-state index contributed by atoms with van der Waals surface area (Å²) in [6.07, 6.45) is 6.53. The number of nitrogens with one attached hydrogen (secondary N) is 1. The molecule has 1 N–H and O–H groups in total. The van der Waals surface area contributed by atoms with Crippen molar-refractivity contribution in [3.8, 4) is 5.75 Å². The lowest BCUT2D eigenvalue weighted by Crippen LogP contribution is -2.17. The largest absolute Gasteiger partial charge is 0.490 e. The Labute approximate surface area is 117 Å². The highest BCUT2D eigenvalue weighted by Gasteiger charge is 2.08. The van der Waals surface area contributed by atoms with E-state index in [1.165, 1.54) is 19.3 Å². The number of hydrogen-bond acceptors (Lipinski definition) is 3. The Balaban J connectivity index is 2.46. The average molecular weight is 264 g/mol. The fourth-order valence-electron chi connectivity index (χ4n) is 1.97. The maximum absolute atomic E-state index is 5.70. The number of ether oxygens (including phenoxy) is 1. The minimum Gasteiger partial charge on any atom is -0.490 e. The van der Waals surface area contributed by atoms with E-state index in [-0.39, 0.29) is 0 Å². The first-order valence-electron chi connectivity index (χ1n) is 7.47. The quantitative estimate of drug-likeness (QED) is 0.713. The van der Waals surface area contributed by atoms with Gasteiger partial charge in [0.1, 0.15) is 0 Å². The second kappa shape index (κ2) is 8.78. The summed E-state index contributed by atoms with van der Waals surface area (Å²) in [7, 11) is 0. The summed E-state index contributed by atoms with van der Waals surface area (Å²) in [4.78, 5) is 4.38. The van der Waals surface area contributed by atoms with Crippen molar-refractivity contribution in [1.29, 1.82) is 0 Å². The first-order chi connectivity index (χ1) is 9.13. The summed E-state index contributed by atoms with van der Waals surface area (Å²) in [6.45, 7) is 9.60. The lowest BCUT2D eigenvalue weighted by molar-refractivity contribution is 0.317. The zero-order valence-corrected chi connectivity index (χ0v) is 12.8. The van der Waals surface area contributed by atoms with Crippen LogP contribution in [0.15, 0.2) is 18.3 Å². The van der Waals surface area contributed by atoms with Crippen LogP contribution >= 0.6 is 0 Å². The Kier molecular flexibility index (Phi) is 7.31. The number of nitrogens with zero attached hydrogens (tertiary/aromatic N) is 1. The standard InChI is InChI=1S/C16H28N2O/c1-5-12-19-15-10-7-11-17-16(15)18-14(4)9-6-8-13(2)3/h7,10-11,13-14H,5-6,8-9,12H2,1-4H3,(H,17,18). The molecule has 1 heterocycles. The fourth-order valence-corrected chi connectivity index (χ4v) is 1.97. The van der Waals surface area contributed by atoms with Gasteiger partial charge in [0.25, 0.3) is 0 Å². The molecule has 0 fully saturated rings. The van der Waals surface area contributed by atoms with Crippen LogP contribution in [-0.4, -0.2) is 17.6 Å². The van der Waals surface area contributed by atoms with Gasteiger partial charge in [0.2, 0.25) is 0 Å². The number of rotatable bonds is 9. The molecule has 1 rings (SSSR count). The van der Waals surface area contributed by atoms with Crippen molar-refractivity contribution in [2.45, 2.75) is 59.4 Å². The molecule has 0 aromatic carbocycles. The lowest BCUT2D eigenvalue weighted by atomic mass is 10.0. The van der Waals surface area contributed by atoms with Crippen LogP contribution in [0.1, 0.15) is 53.4 Å². The molecule has 108 valence electrons. The molecule has 0 spiro atoms. The topological polar surface area (TPSA) is 34.1 Å². The van der Waals surface area contributed by atoms with Crippen LogP contribution in [0.3, 0.4) is 0 Å². The van der Waals surface area contributed by atoms with Crippen LogP contribution < -0.4 is 10.1 Å². The van der Waals surface area contributed by atoms with E-state index in [2.05, 4.69) is 38.0 Å². The zero-order chi connectivity index (χ0) is 14.1. The van der Waals surface area contributed by atoms with E-state index in [1.807, 2.05) is 18.3 Å². The molecule has 1 aromatic rings. The summed E-state index contributed by atoms with van der Waals surface area (Å²) in [5.41, 5.74) is 0. The Bertz CT molecular complexity index is 352. The van der Waals surface area contributed by atoms with Gasteiger partial charge in [-0.2, -0.15) is 0 Å². The molecule has 3 heteroatoms. The Morgan fingerprint density at radius 3 is 2.74 bits per heavy atom. The molecule has 0 amide bonds. The number of anilines is 1. The summed E-state index contributed by atoms with van der Waals surface area (Å²) in [5.74, 6) is 2.51. The minimum atomic E-state index is 0.428. The van der Waals surface area contributed by atoms with Gasteiger partial charge in [0, 0.05) is 12.2 Å². The third-order valence-electron chi connectivity index (χ3n) is 3.03. The molecule has 1 atom stereocenters. The highest BCUT2D eigenvalue weighted by Crippen LogP contribution is 2.22. The van der Waals surface area contributed by atoms with Gasteiger partial charge in [-0.15, -0.1) is 0 Å². The number of aromatic nitrogens is 1. The van der Waals surface area contributed by atoms with Crippen LogP contribution in [0.2, 0.25) is 0 Å². The third-order valence-corrected chi connectivity index (χ3v) is 3.03. The molecule has 0 bridgehead atoms. The van der Waals surface area contributed by atoms with Crippen LogP contribution in [0.25, 0.3) is 0 Å². The van der Waals surface area contributed by atoms with E-state index in [4.69, 9.17) is 4.74 Å². The van der Waals surface area contributed by atoms with E-state index in [0.717, 1.165) is 30.5 Å². The summed E-state index contributed by atoms with van der Waals surface area (Å²) in [5, 5.41) is 3.46. The van der Waals surface area contributed by atoms with Gasteiger partial charge >= 0.3 is 0 Å². The van der Waals surface area contributed by atoms with Gasteiger partial charge in [0.15, 0.2) is 11.6 Å². The summed E-state index contributed by atoms with van der Waals surface area (Å²) < 4.78 is 5.70. The van der Waals surface area contributed by atoms with Gasteiger partial charge in [-0.05, 0) is 37.8 Å². The SMILES string of the molecule is CCCOc1cccnc1NC(C)CCCC(C)C. The predicted octanol–water partition coefficient (Wildman–Crippen LogP) is 4.50. The van der Waals surface area contributed by atoms with Crippen LogP contribution in [0, 0.1) is 5.92 Å². The van der Waals surface area contributed by atoms with Crippen LogP contribution in [0.5, 0.6) is 5.75 Å². The van der Waals surface area contributed by atoms with Gasteiger partial charge in [0.05, 0.1) is 6.61 Å². The third kappa shape index (κ3) is 6.46. The monoisotopic (exact) mass is 264 g/mol. The average Bonchev–Trinajstić information content (AvgIpc) is 2.37. The molecule has 0 aliphatic carbocycles. The van der Waals surface area contributed by atoms with E-state index in [0.29, 0.717) is 6.04 Å². The second-order valence-corrected chi connectivity index (χ2v) is 5.57. The molecule has 0 aliphatic heterocycles. The maximum Gasteiger partial charge on any atom is 0.168 e. The van der Waals surface area contributed by atoms with Crippen molar-refractivity contribution in [2.24, 2.45) is 5.92 Å². The van der Waals surface area contributed by atoms with Crippen molar-refractivity contribution in [3.05, 3.63) is 18.3 Å². The van der Waals surface area contributed by atoms with Gasteiger partial charge < -0.3 is 10.1 Å². The van der Waals surface area contributed by atoms with Crippen molar-refractivity contribution in [3.63, 3.8) is 0 Å². The molecule has 1 aromatic heterocycles. The van der Waals surface area contributed by atoms with E-state index >= 15 is 0 Å². The number of hydrogen-bond donors (Lipinski definition) is 1. The molecule has 1 unspecified atom stereocenters. The molecule has 0 aliphatic rings. The highest BCUT2D eigenvalue weighted by molar-refractivity contribution is 5.49. The van der Waals surface area contributed by atoms with Gasteiger partial charge in [-0.1, -0.05) is 33.6 Å². The second-order valence-electron chi connectivity index (χ2n) is 5.57. The van der Waals surface area contributed by atoms with Gasteiger partial charge in [-0.3, -0.25) is 0 Å². The fraction of sp³-hybridized carbons (Fsp3) is 0.688. The molecule has 0 radical (unpaired) electrons. The minimum absolute atomic E-state index is 0.428. The Morgan fingerprint density at radius 1 is 1.26 bits per heavy atom. The van der Waals surface area contributed by atoms with Crippen molar-refractivity contribution in [2.75, 3.05) is 11.9 Å². The van der Waals surface area contributed by atoms with Gasteiger partial charge in [-0.25, -0.2) is 4.98 Å². The molecular weight excluding hydrogens is 236 g/mol. The summed E-state index contributed by atoms with van der Waals surface area (Å²) >= 11 is 0. The van der Waals surface area contributed by atoms with E-state index in [1.54, 1.807) is 0 Å². The van der Waals surface area contributed by atoms with Crippen molar-refractivity contribution in [1.82, 2.24) is 4.98 Å². The van der Waals surface area contributed by atoms with E-state index < -0.39 is 0 Å². The Morgan fingerprint density at radius 2 is 2.05 bits per heavy atom. The molecule has 0 saturated heterocycles. The molecular formula is C16H28N2O. The summed E-state index contributed by atoms with van der Waals surface area (Å²) in [6, 6.07) is 4.32. The smallest absolute Gasteiger partial charge is 0.168 e. The number of pyridine rings is 1. The molecule has 19 heavy (non-hydrogen) atoms. The first kappa shape index (κ1) is 15.8. The zero-order valence-electron chi connectivity index (χ0n) is 12.8. The first-order valence-corrected chi connectivity index (χ1v) is 7.47. The highest BCUT2D eigenvalue weighted by atomic mass is 16.5. The van der Waals surface area contributed by atoms with Crippen LogP contribution in [0.4, 0.5) is 5.82 Å². The van der Waals surface area contributed by atoms with Crippen molar-refractivity contribution < 1.29 is 4.74 Å². The van der Waals surface area contributed by atoms with E-state index in [9.17, 15) is 0 Å². The lowest BCUT2D eigenvalue weighted by Gasteiger charge is -2.17. The molecule has 3 nitrogen and oxygen atoms in total. The van der Waals surface area contributed by atoms with Crippen molar-refractivity contribution >= 4 is 5.82 Å². The predicted molar refractivity (Wildman–Crippen MR) is 81.8 cm³/mol.